The maximum atomic E-state index is 9.98. The van der Waals surface area contributed by atoms with E-state index < -0.39 is 0 Å². The maximum Gasteiger partial charge on any atom is 0.207 e. The van der Waals surface area contributed by atoms with Crippen molar-refractivity contribution in [1.29, 1.82) is 0 Å². The van der Waals surface area contributed by atoms with Gasteiger partial charge in [0.05, 0.1) is 0 Å². The minimum absolute atomic E-state index is 0.617. The largest absolute Gasteiger partial charge is 0.355 e. The summed E-state index contributed by atoms with van der Waals surface area (Å²) in [4.78, 5) is 9.98. The van der Waals surface area contributed by atoms with Gasteiger partial charge < -0.3 is 5.32 Å². The molecule has 1 N–H and O–H groups in total. The van der Waals surface area contributed by atoms with Crippen molar-refractivity contribution in [3.63, 3.8) is 0 Å². The van der Waals surface area contributed by atoms with E-state index in [-0.39, 0.29) is 0 Å². The minimum Gasteiger partial charge on any atom is -0.355 e. The van der Waals surface area contributed by atoms with Gasteiger partial charge in [0.25, 0.3) is 0 Å². The van der Waals surface area contributed by atoms with Crippen LogP contribution in [-0.4, -0.2) is 13.0 Å². The zero-order chi connectivity index (χ0) is 14.0. The number of hydrogen-bond acceptors (Lipinski definition) is 1. The summed E-state index contributed by atoms with van der Waals surface area (Å²) in [6, 6.07) is 0. The lowest BCUT2D eigenvalue weighted by Gasteiger charge is -2.00. The van der Waals surface area contributed by atoms with Crippen molar-refractivity contribution in [2.24, 2.45) is 0 Å². The van der Waals surface area contributed by atoms with Gasteiger partial charge in [-0.3, -0.25) is 4.79 Å². The summed E-state index contributed by atoms with van der Waals surface area (Å²) >= 11 is 0. The Bertz CT molecular complexity index is 233. The molecule has 0 saturated carbocycles. The monoisotopic (exact) mass is 265 g/mol. The van der Waals surface area contributed by atoms with Gasteiger partial charge in [0.1, 0.15) is 0 Å². The van der Waals surface area contributed by atoms with Crippen LogP contribution in [0.3, 0.4) is 0 Å². The summed E-state index contributed by atoms with van der Waals surface area (Å²) in [5, 5.41) is 2.59. The topological polar surface area (TPSA) is 29.1 Å². The van der Waals surface area contributed by atoms with Gasteiger partial charge in [-0.15, -0.1) is 0 Å². The second kappa shape index (κ2) is 16.9. The Labute approximate surface area is 119 Å². The van der Waals surface area contributed by atoms with Crippen LogP contribution in [0.15, 0.2) is 24.3 Å². The predicted molar refractivity (Wildman–Crippen MR) is 84.2 cm³/mol. The van der Waals surface area contributed by atoms with Crippen LogP contribution in [-0.2, 0) is 4.79 Å². The molecule has 2 heteroatoms. The van der Waals surface area contributed by atoms with E-state index in [2.05, 4.69) is 24.4 Å². The number of carbonyl (C=O) groups excluding carboxylic acids is 1. The third kappa shape index (κ3) is 16.9. The van der Waals surface area contributed by atoms with Gasteiger partial charge in [-0.25, -0.2) is 0 Å². The third-order valence-corrected chi connectivity index (χ3v) is 3.18. The number of amides is 1. The zero-order valence-corrected chi connectivity index (χ0v) is 12.6. The highest BCUT2D eigenvalue weighted by molar-refractivity contribution is 5.46. The molecule has 0 aromatic heterocycles. The Balaban J connectivity index is 3.11. The molecule has 0 rings (SSSR count). The SMILES string of the molecule is CCCCCCCCCCCC=CC=CCNC=O. The van der Waals surface area contributed by atoms with E-state index in [1.54, 1.807) is 0 Å². The molecule has 19 heavy (non-hydrogen) atoms. The smallest absolute Gasteiger partial charge is 0.207 e. The molecule has 0 unspecified atom stereocenters. The van der Waals surface area contributed by atoms with Gasteiger partial charge in [0.15, 0.2) is 0 Å². The van der Waals surface area contributed by atoms with Crippen LogP contribution in [0.1, 0.15) is 71.1 Å². The molecule has 0 aliphatic carbocycles. The summed E-state index contributed by atoms with van der Waals surface area (Å²) in [5.41, 5.74) is 0. The van der Waals surface area contributed by atoms with E-state index in [0.717, 1.165) is 6.41 Å². The van der Waals surface area contributed by atoms with E-state index in [1.807, 2.05) is 12.2 Å². The maximum absolute atomic E-state index is 9.98. The molecule has 0 aromatic rings. The van der Waals surface area contributed by atoms with E-state index in [0.29, 0.717) is 6.54 Å². The Morgan fingerprint density at radius 2 is 1.37 bits per heavy atom. The van der Waals surface area contributed by atoms with Crippen molar-refractivity contribution in [1.82, 2.24) is 5.32 Å². The highest BCUT2D eigenvalue weighted by atomic mass is 16.1. The van der Waals surface area contributed by atoms with E-state index in [1.165, 1.54) is 64.2 Å². The van der Waals surface area contributed by atoms with Gasteiger partial charge in [0.2, 0.25) is 6.41 Å². The van der Waals surface area contributed by atoms with Crippen LogP contribution in [0.2, 0.25) is 0 Å². The summed E-state index contributed by atoms with van der Waals surface area (Å²) in [6.07, 6.45) is 22.6. The Hall–Kier alpha value is -1.05. The number of rotatable bonds is 14. The van der Waals surface area contributed by atoms with E-state index in [4.69, 9.17) is 0 Å². The summed E-state index contributed by atoms with van der Waals surface area (Å²) in [6.45, 7) is 2.88. The number of hydrogen-bond donors (Lipinski definition) is 1. The molecule has 0 saturated heterocycles. The van der Waals surface area contributed by atoms with Crippen molar-refractivity contribution in [3.05, 3.63) is 24.3 Å². The van der Waals surface area contributed by atoms with Crippen molar-refractivity contribution in [3.8, 4) is 0 Å². The van der Waals surface area contributed by atoms with Crippen LogP contribution >= 0.6 is 0 Å². The van der Waals surface area contributed by atoms with Crippen molar-refractivity contribution >= 4 is 6.41 Å². The van der Waals surface area contributed by atoms with Crippen LogP contribution < -0.4 is 5.32 Å². The standard InChI is InChI=1S/C17H31NO/c1-2-3-4-5-6-7-8-9-10-11-12-13-14-15-16-18-17-19/h12-15,17H,2-11,16H2,1H3,(H,18,19). The molecule has 0 fully saturated rings. The first-order valence-electron chi connectivity index (χ1n) is 7.90. The van der Waals surface area contributed by atoms with Gasteiger partial charge in [-0.05, 0) is 12.8 Å². The fraction of sp³-hybridized carbons (Fsp3) is 0.706. The highest BCUT2D eigenvalue weighted by Crippen LogP contribution is 2.10. The second-order valence-corrected chi connectivity index (χ2v) is 5.00. The van der Waals surface area contributed by atoms with Crippen molar-refractivity contribution < 1.29 is 4.79 Å². The number of carbonyl (C=O) groups is 1. The normalized spacial score (nSPS) is 11.4. The number of unbranched alkanes of at least 4 members (excludes halogenated alkanes) is 9. The fourth-order valence-electron chi connectivity index (χ4n) is 2.01. The fourth-order valence-corrected chi connectivity index (χ4v) is 2.01. The highest BCUT2D eigenvalue weighted by Gasteiger charge is 1.90. The molecule has 0 bridgehead atoms. The molecule has 0 radical (unpaired) electrons. The average molecular weight is 265 g/mol. The number of nitrogens with one attached hydrogen (secondary N) is 1. The van der Waals surface area contributed by atoms with Crippen molar-refractivity contribution in [2.45, 2.75) is 71.1 Å². The summed E-state index contributed by atoms with van der Waals surface area (Å²) in [5.74, 6) is 0. The first kappa shape index (κ1) is 17.9. The first-order valence-corrected chi connectivity index (χ1v) is 7.90. The molecule has 0 aromatic carbocycles. The predicted octanol–water partition coefficient (Wildman–Crippen LogP) is 4.77. The molecule has 0 heterocycles. The zero-order valence-electron chi connectivity index (χ0n) is 12.6. The Kier molecular flexibility index (Phi) is 16.0. The molecule has 0 aliphatic rings. The van der Waals surface area contributed by atoms with Gasteiger partial charge in [-0.2, -0.15) is 0 Å². The van der Waals surface area contributed by atoms with Gasteiger partial charge >= 0.3 is 0 Å². The molecule has 0 spiro atoms. The average Bonchev–Trinajstić information content (AvgIpc) is 2.43. The lowest BCUT2D eigenvalue weighted by atomic mass is 10.1. The summed E-state index contributed by atoms with van der Waals surface area (Å²) < 4.78 is 0. The van der Waals surface area contributed by atoms with Crippen LogP contribution in [0.4, 0.5) is 0 Å². The van der Waals surface area contributed by atoms with Crippen LogP contribution in [0.25, 0.3) is 0 Å². The lowest BCUT2D eigenvalue weighted by molar-refractivity contribution is -0.109. The molecule has 110 valence electrons. The van der Waals surface area contributed by atoms with Gasteiger partial charge in [0, 0.05) is 6.54 Å². The molecule has 0 aliphatic heterocycles. The van der Waals surface area contributed by atoms with Crippen molar-refractivity contribution in [2.75, 3.05) is 6.54 Å². The molecule has 0 atom stereocenters. The Morgan fingerprint density at radius 3 is 2.00 bits per heavy atom. The molecule has 2 nitrogen and oxygen atoms in total. The van der Waals surface area contributed by atoms with E-state index in [9.17, 15) is 4.79 Å². The van der Waals surface area contributed by atoms with E-state index >= 15 is 0 Å². The third-order valence-electron chi connectivity index (χ3n) is 3.18. The lowest BCUT2D eigenvalue weighted by Crippen LogP contribution is -2.08. The second-order valence-electron chi connectivity index (χ2n) is 5.00. The minimum atomic E-state index is 0.617. The van der Waals surface area contributed by atoms with Crippen LogP contribution in [0, 0.1) is 0 Å². The van der Waals surface area contributed by atoms with Crippen LogP contribution in [0.5, 0.6) is 0 Å². The summed E-state index contributed by atoms with van der Waals surface area (Å²) in [7, 11) is 0. The molecular formula is C17H31NO. The molecular weight excluding hydrogens is 234 g/mol. The number of allylic oxidation sites excluding steroid dienone is 3. The quantitative estimate of drug-likeness (QED) is 0.274. The Morgan fingerprint density at radius 1 is 0.789 bits per heavy atom. The van der Waals surface area contributed by atoms with Gasteiger partial charge in [-0.1, -0.05) is 82.6 Å². The first-order chi connectivity index (χ1) is 9.41. The molecule has 1 amide bonds.